The molecule has 0 aliphatic heterocycles. The summed E-state index contributed by atoms with van der Waals surface area (Å²) in [5.41, 5.74) is 2.03. The summed E-state index contributed by atoms with van der Waals surface area (Å²) in [4.78, 5) is 35.6. The maximum Gasteiger partial charge on any atom is 0.344 e. The highest BCUT2D eigenvalue weighted by Crippen LogP contribution is 2.27. The third kappa shape index (κ3) is 5.72. The van der Waals surface area contributed by atoms with E-state index in [1.165, 1.54) is 13.2 Å². The molecule has 0 aromatic heterocycles. The zero-order valence-electron chi connectivity index (χ0n) is 15.7. The summed E-state index contributed by atoms with van der Waals surface area (Å²) in [6.07, 6.45) is 0. The SMILES string of the molecule is COC(=O)c1ccccc1NC(=O)COC(=O)COc1c(C)cc(Cl)cc1C. The van der Waals surface area contributed by atoms with Crippen LogP contribution in [0.3, 0.4) is 0 Å². The molecule has 0 saturated carbocycles. The van der Waals surface area contributed by atoms with Crippen molar-refractivity contribution in [3.8, 4) is 5.75 Å². The number of amides is 1. The van der Waals surface area contributed by atoms with Crippen molar-refractivity contribution < 1.29 is 28.6 Å². The third-order valence-electron chi connectivity index (χ3n) is 3.73. The van der Waals surface area contributed by atoms with Gasteiger partial charge >= 0.3 is 11.9 Å². The molecule has 2 aromatic carbocycles. The second-order valence-corrected chi connectivity index (χ2v) is 6.34. The first kappa shape index (κ1) is 21.2. The quantitative estimate of drug-likeness (QED) is 0.711. The smallest absolute Gasteiger partial charge is 0.344 e. The molecule has 0 bridgehead atoms. The molecule has 2 aromatic rings. The number of esters is 2. The maximum atomic E-state index is 12.0. The predicted molar refractivity (Wildman–Crippen MR) is 104 cm³/mol. The molecule has 0 saturated heterocycles. The van der Waals surface area contributed by atoms with E-state index < -0.39 is 24.5 Å². The van der Waals surface area contributed by atoms with Gasteiger partial charge in [0, 0.05) is 5.02 Å². The fourth-order valence-corrected chi connectivity index (χ4v) is 2.84. The van der Waals surface area contributed by atoms with Crippen LogP contribution in [-0.4, -0.2) is 38.2 Å². The number of ether oxygens (including phenoxy) is 3. The van der Waals surface area contributed by atoms with Crippen LogP contribution in [0.2, 0.25) is 5.02 Å². The largest absolute Gasteiger partial charge is 0.481 e. The number of anilines is 1. The number of benzene rings is 2. The molecule has 0 fully saturated rings. The minimum atomic E-state index is -0.704. The normalized spacial score (nSPS) is 10.1. The Hall–Kier alpha value is -3.06. The van der Waals surface area contributed by atoms with E-state index in [0.717, 1.165) is 11.1 Å². The van der Waals surface area contributed by atoms with Crippen LogP contribution >= 0.6 is 11.6 Å². The number of methoxy groups -OCH3 is 1. The van der Waals surface area contributed by atoms with Gasteiger partial charge in [-0.25, -0.2) is 9.59 Å². The van der Waals surface area contributed by atoms with E-state index in [-0.39, 0.29) is 17.9 Å². The Morgan fingerprint density at radius 2 is 1.68 bits per heavy atom. The summed E-state index contributed by atoms with van der Waals surface area (Å²) in [6, 6.07) is 9.79. The monoisotopic (exact) mass is 405 g/mol. The minimum Gasteiger partial charge on any atom is -0.481 e. The lowest BCUT2D eigenvalue weighted by Crippen LogP contribution is -2.24. The number of hydrogen-bond donors (Lipinski definition) is 1. The summed E-state index contributed by atoms with van der Waals surface area (Å²) < 4.78 is 15.0. The highest BCUT2D eigenvalue weighted by atomic mass is 35.5. The van der Waals surface area contributed by atoms with Crippen molar-refractivity contribution in [2.24, 2.45) is 0 Å². The Kier molecular flexibility index (Phi) is 7.40. The van der Waals surface area contributed by atoms with Gasteiger partial charge in [0.2, 0.25) is 0 Å². The van der Waals surface area contributed by atoms with Gasteiger partial charge in [-0.1, -0.05) is 23.7 Å². The summed E-state index contributed by atoms with van der Waals surface area (Å²) in [6.45, 7) is 2.75. The number of carbonyl (C=O) groups is 3. The van der Waals surface area contributed by atoms with Crippen molar-refractivity contribution in [2.75, 3.05) is 25.6 Å². The van der Waals surface area contributed by atoms with Gasteiger partial charge in [0.05, 0.1) is 18.4 Å². The molecule has 0 aliphatic rings. The number of nitrogens with one attached hydrogen (secondary N) is 1. The van der Waals surface area contributed by atoms with Crippen molar-refractivity contribution in [2.45, 2.75) is 13.8 Å². The van der Waals surface area contributed by atoms with Crippen LogP contribution in [0.5, 0.6) is 5.75 Å². The van der Waals surface area contributed by atoms with Gasteiger partial charge in [0.15, 0.2) is 13.2 Å². The predicted octanol–water partition coefficient (Wildman–Crippen LogP) is 3.30. The van der Waals surface area contributed by atoms with E-state index in [1.54, 1.807) is 30.3 Å². The molecule has 148 valence electrons. The molecular weight excluding hydrogens is 386 g/mol. The van der Waals surface area contributed by atoms with Crippen molar-refractivity contribution in [1.29, 1.82) is 0 Å². The van der Waals surface area contributed by atoms with Crippen LogP contribution < -0.4 is 10.1 Å². The fourth-order valence-electron chi connectivity index (χ4n) is 2.51. The second kappa shape index (κ2) is 9.75. The summed E-state index contributed by atoms with van der Waals surface area (Å²) >= 11 is 5.96. The summed E-state index contributed by atoms with van der Waals surface area (Å²) in [5, 5.41) is 3.08. The Labute approximate surface area is 167 Å². The minimum absolute atomic E-state index is 0.196. The number of rotatable bonds is 7. The van der Waals surface area contributed by atoms with Gasteiger partial charge < -0.3 is 19.5 Å². The standard InChI is InChI=1S/C20H20ClNO6/c1-12-8-14(21)9-13(2)19(12)28-11-18(24)27-10-17(23)22-16-7-5-4-6-15(16)20(25)26-3/h4-9H,10-11H2,1-3H3,(H,22,23). The van der Waals surface area contributed by atoms with Crippen molar-refractivity contribution in [1.82, 2.24) is 0 Å². The Morgan fingerprint density at radius 3 is 2.32 bits per heavy atom. The second-order valence-electron chi connectivity index (χ2n) is 5.90. The maximum absolute atomic E-state index is 12.0. The third-order valence-corrected chi connectivity index (χ3v) is 3.95. The Morgan fingerprint density at radius 1 is 1.04 bits per heavy atom. The van der Waals surface area contributed by atoms with Crippen molar-refractivity contribution in [3.05, 3.63) is 58.1 Å². The van der Waals surface area contributed by atoms with Crippen molar-refractivity contribution in [3.63, 3.8) is 0 Å². The fraction of sp³-hybridized carbons (Fsp3) is 0.250. The van der Waals surface area contributed by atoms with E-state index in [9.17, 15) is 14.4 Å². The molecule has 1 amide bonds. The van der Waals surface area contributed by atoms with E-state index in [1.807, 2.05) is 13.8 Å². The first-order valence-corrected chi connectivity index (χ1v) is 8.72. The lowest BCUT2D eigenvalue weighted by molar-refractivity contribution is -0.149. The zero-order valence-corrected chi connectivity index (χ0v) is 16.5. The van der Waals surface area contributed by atoms with E-state index in [0.29, 0.717) is 10.8 Å². The molecule has 0 aliphatic carbocycles. The number of hydrogen-bond acceptors (Lipinski definition) is 6. The Balaban J connectivity index is 1.87. The Bertz CT molecular complexity index is 873. The molecule has 28 heavy (non-hydrogen) atoms. The van der Waals surface area contributed by atoms with Gasteiger partial charge in [-0.3, -0.25) is 4.79 Å². The molecule has 1 N–H and O–H groups in total. The first-order valence-electron chi connectivity index (χ1n) is 8.34. The molecule has 0 spiro atoms. The first-order chi connectivity index (χ1) is 13.3. The van der Waals surface area contributed by atoms with Gasteiger partial charge in [-0.15, -0.1) is 0 Å². The molecule has 7 nitrogen and oxygen atoms in total. The molecular formula is C20H20ClNO6. The lowest BCUT2D eigenvalue weighted by atomic mass is 10.1. The van der Waals surface area contributed by atoms with Crippen LogP contribution in [0.1, 0.15) is 21.5 Å². The molecule has 8 heteroatoms. The van der Waals surface area contributed by atoms with Gasteiger partial charge in [0.1, 0.15) is 5.75 Å². The van der Waals surface area contributed by atoms with Crippen LogP contribution in [0, 0.1) is 13.8 Å². The van der Waals surface area contributed by atoms with E-state index in [4.69, 9.17) is 21.1 Å². The van der Waals surface area contributed by atoms with Crippen LogP contribution in [0.25, 0.3) is 0 Å². The highest BCUT2D eigenvalue weighted by Gasteiger charge is 2.15. The number of para-hydroxylation sites is 1. The average Bonchev–Trinajstić information content (AvgIpc) is 2.65. The number of carbonyl (C=O) groups excluding carboxylic acids is 3. The number of halogens is 1. The van der Waals surface area contributed by atoms with Gasteiger partial charge in [0.25, 0.3) is 5.91 Å². The van der Waals surface area contributed by atoms with Gasteiger partial charge in [-0.2, -0.15) is 0 Å². The van der Waals surface area contributed by atoms with Gasteiger partial charge in [-0.05, 0) is 49.2 Å². The van der Waals surface area contributed by atoms with Crippen LogP contribution in [-0.2, 0) is 19.1 Å². The lowest BCUT2D eigenvalue weighted by Gasteiger charge is -2.13. The molecule has 0 radical (unpaired) electrons. The topological polar surface area (TPSA) is 90.9 Å². The highest BCUT2D eigenvalue weighted by molar-refractivity contribution is 6.30. The summed E-state index contributed by atoms with van der Waals surface area (Å²) in [7, 11) is 1.24. The van der Waals surface area contributed by atoms with Crippen LogP contribution in [0.4, 0.5) is 5.69 Å². The van der Waals surface area contributed by atoms with Crippen LogP contribution in [0.15, 0.2) is 36.4 Å². The molecule has 0 atom stereocenters. The molecule has 2 rings (SSSR count). The molecule has 0 heterocycles. The average molecular weight is 406 g/mol. The van der Waals surface area contributed by atoms with Crippen molar-refractivity contribution >= 4 is 35.1 Å². The number of aryl methyl sites for hydroxylation is 2. The summed E-state index contributed by atoms with van der Waals surface area (Å²) in [5.74, 6) is -1.35. The zero-order chi connectivity index (χ0) is 20.7. The van der Waals surface area contributed by atoms with E-state index >= 15 is 0 Å². The van der Waals surface area contributed by atoms with E-state index in [2.05, 4.69) is 10.1 Å². The molecule has 0 unspecified atom stereocenters.